The Morgan fingerprint density at radius 2 is 2.39 bits per heavy atom. The van der Waals surface area contributed by atoms with Gasteiger partial charge in [0.05, 0.1) is 4.92 Å². The van der Waals surface area contributed by atoms with Gasteiger partial charge >= 0.3 is 0 Å². The second-order valence-corrected chi connectivity index (χ2v) is 5.57. The molecule has 1 heterocycles. The van der Waals surface area contributed by atoms with Gasteiger partial charge < -0.3 is 10.2 Å². The minimum atomic E-state index is -0.388. The SMILES string of the molecule is CN1CCC(CNc2ccc([N+](=O)[O-])cc2Br)C1. The molecular formula is C12H16BrN3O2. The summed E-state index contributed by atoms with van der Waals surface area (Å²) >= 11 is 3.36. The molecule has 6 heteroatoms. The second kappa shape index (κ2) is 5.67. The van der Waals surface area contributed by atoms with Crippen LogP contribution in [-0.4, -0.2) is 36.5 Å². The van der Waals surface area contributed by atoms with E-state index in [2.05, 4.69) is 33.2 Å². The molecule has 18 heavy (non-hydrogen) atoms. The lowest BCUT2D eigenvalue weighted by Gasteiger charge is -2.13. The summed E-state index contributed by atoms with van der Waals surface area (Å²) in [5.41, 5.74) is 1.02. The summed E-state index contributed by atoms with van der Waals surface area (Å²) in [4.78, 5) is 12.6. The predicted molar refractivity (Wildman–Crippen MR) is 74.9 cm³/mol. The van der Waals surface area contributed by atoms with Crippen LogP contribution in [0.5, 0.6) is 0 Å². The Hall–Kier alpha value is -1.14. The fourth-order valence-electron chi connectivity index (χ4n) is 2.21. The summed E-state index contributed by atoms with van der Waals surface area (Å²) in [6, 6.07) is 4.80. The topological polar surface area (TPSA) is 58.4 Å². The number of rotatable bonds is 4. The van der Waals surface area contributed by atoms with Crippen LogP contribution >= 0.6 is 15.9 Å². The van der Waals surface area contributed by atoms with E-state index in [9.17, 15) is 10.1 Å². The van der Waals surface area contributed by atoms with Crippen molar-refractivity contribution in [3.8, 4) is 0 Å². The summed E-state index contributed by atoms with van der Waals surface area (Å²) in [6.45, 7) is 3.16. The van der Waals surface area contributed by atoms with Crippen LogP contribution in [0, 0.1) is 16.0 Å². The van der Waals surface area contributed by atoms with Crippen molar-refractivity contribution >= 4 is 27.3 Å². The van der Waals surface area contributed by atoms with Gasteiger partial charge in [0.2, 0.25) is 0 Å². The first kappa shape index (κ1) is 13.3. The first-order valence-corrected chi connectivity index (χ1v) is 6.72. The first-order chi connectivity index (χ1) is 8.56. The fourth-order valence-corrected chi connectivity index (χ4v) is 2.72. The van der Waals surface area contributed by atoms with Crippen LogP contribution in [0.2, 0.25) is 0 Å². The van der Waals surface area contributed by atoms with E-state index in [4.69, 9.17) is 0 Å². The molecule has 2 rings (SSSR count). The van der Waals surface area contributed by atoms with Gasteiger partial charge in [-0.3, -0.25) is 10.1 Å². The molecule has 0 spiro atoms. The molecule has 1 aromatic carbocycles. The third-order valence-electron chi connectivity index (χ3n) is 3.23. The Labute approximate surface area is 114 Å². The molecule has 1 atom stereocenters. The number of nitrogens with one attached hydrogen (secondary N) is 1. The number of nitrogens with zero attached hydrogens (tertiary/aromatic N) is 2. The standard InChI is InChI=1S/C12H16BrN3O2/c1-15-5-4-9(8-15)7-14-12-3-2-10(16(17)18)6-11(12)13/h2-3,6,9,14H,4-5,7-8H2,1H3. The van der Waals surface area contributed by atoms with Crippen molar-refractivity contribution < 1.29 is 4.92 Å². The predicted octanol–water partition coefficient (Wildman–Crippen LogP) is 2.72. The highest BCUT2D eigenvalue weighted by atomic mass is 79.9. The van der Waals surface area contributed by atoms with Gasteiger partial charge in [-0.25, -0.2) is 0 Å². The summed E-state index contributed by atoms with van der Waals surface area (Å²) in [6.07, 6.45) is 1.20. The lowest BCUT2D eigenvalue weighted by Crippen LogP contribution is -2.19. The highest BCUT2D eigenvalue weighted by Gasteiger charge is 2.19. The molecule has 1 fully saturated rings. The van der Waals surface area contributed by atoms with E-state index >= 15 is 0 Å². The van der Waals surface area contributed by atoms with Crippen LogP contribution in [-0.2, 0) is 0 Å². The average molecular weight is 314 g/mol. The molecule has 1 N–H and O–H groups in total. The van der Waals surface area contributed by atoms with Gasteiger partial charge in [-0.1, -0.05) is 0 Å². The van der Waals surface area contributed by atoms with Crippen molar-refractivity contribution in [2.75, 3.05) is 32.0 Å². The largest absolute Gasteiger partial charge is 0.384 e. The van der Waals surface area contributed by atoms with Gasteiger partial charge in [-0.2, -0.15) is 0 Å². The van der Waals surface area contributed by atoms with Crippen LogP contribution in [0.4, 0.5) is 11.4 Å². The van der Waals surface area contributed by atoms with Crippen molar-refractivity contribution in [2.24, 2.45) is 5.92 Å². The molecule has 0 bridgehead atoms. The average Bonchev–Trinajstić information content (AvgIpc) is 2.73. The molecule has 1 aromatic rings. The number of benzene rings is 1. The Morgan fingerprint density at radius 3 is 2.94 bits per heavy atom. The maximum atomic E-state index is 10.6. The van der Waals surface area contributed by atoms with Gasteiger partial charge in [-0.05, 0) is 47.9 Å². The zero-order valence-corrected chi connectivity index (χ0v) is 11.8. The molecule has 0 amide bonds. The molecule has 0 radical (unpaired) electrons. The van der Waals surface area contributed by atoms with E-state index in [0.29, 0.717) is 5.92 Å². The molecule has 1 unspecified atom stereocenters. The Morgan fingerprint density at radius 1 is 1.61 bits per heavy atom. The molecule has 0 saturated carbocycles. The van der Waals surface area contributed by atoms with Crippen LogP contribution < -0.4 is 5.32 Å². The van der Waals surface area contributed by atoms with Crippen molar-refractivity contribution in [2.45, 2.75) is 6.42 Å². The molecule has 5 nitrogen and oxygen atoms in total. The molecular weight excluding hydrogens is 298 g/mol. The van der Waals surface area contributed by atoms with Gasteiger partial charge in [0, 0.05) is 35.4 Å². The molecule has 98 valence electrons. The van der Waals surface area contributed by atoms with Gasteiger partial charge in [0.1, 0.15) is 0 Å². The van der Waals surface area contributed by atoms with Crippen LogP contribution in [0.3, 0.4) is 0 Å². The highest BCUT2D eigenvalue weighted by molar-refractivity contribution is 9.10. The fraction of sp³-hybridized carbons (Fsp3) is 0.500. The Bertz CT molecular complexity index is 453. The molecule has 1 aliphatic rings. The number of non-ortho nitro benzene ring substituents is 1. The molecule has 0 aromatic heterocycles. The van der Waals surface area contributed by atoms with Crippen LogP contribution in [0.1, 0.15) is 6.42 Å². The van der Waals surface area contributed by atoms with E-state index < -0.39 is 0 Å². The van der Waals surface area contributed by atoms with Crippen molar-refractivity contribution in [3.63, 3.8) is 0 Å². The third-order valence-corrected chi connectivity index (χ3v) is 3.89. The number of halogens is 1. The van der Waals surface area contributed by atoms with E-state index in [0.717, 1.165) is 29.8 Å². The lowest BCUT2D eigenvalue weighted by atomic mass is 10.1. The van der Waals surface area contributed by atoms with Gasteiger partial charge in [0.25, 0.3) is 5.69 Å². The van der Waals surface area contributed by atoms with E-state index in [1.54, 1.807) is 6.07 Å². The van der Waals surface area contributed by atoms with E-state index in [-0.39, 0.29) is 10.6 Å². The minimum Gasteiger partial charge on any atom is -0.384 e. The number of nitro groups is 1. The summed E-state index contributed by atoms with van der Waals surface area (Å²) in [5, 5.41) is 14.0. The third kappa shape index (κ3) is 3.20. The van der Waals surface area contributed by atoms with Crippen LogP contribution in [0.25, 0.3) is 0 Å². The number of likely N-dealkylation sites (tertiary alicyclic amines) is 1. The second-order valence-electron chi connectivity index (χ2n) is 4.72. The van der Waals surface area contributed by atoms with Crippen molar-refractivity contribution in [3.05, 3.63) is 32.8 Å². The molecule has 0 aliphatic carbocycles. The van der Waals surface area contributed by atoms with Crippen molar-refractivity contribution in [1.29, 1.82) is 0 Å². The Kier molecular flexibility index (Phi) is 4.19. The van der Waals surface area contributed by atoms with E-state index in [1.807, 2.05) is 0 Å². The van der Waals surface area contributed by atoms with E-state index in [1.165, 1.54) is 18.6 Å². The summed E-state index contributed by atoms with van der Waals surface area (Å²) in [5.74, 6) is 0.650. The number of anilines is 1. The summed E-state index contributed by atoms with van der Waals surface area (Å²) in [7, 11) is 2.13. The smallest absolute Gasteiger partial charge is 0.270 e. The zero-order valence-electron chi connectivity index (χ0n) is 10.2. The van der Waals surface area contributed by atoms with Gasteiger partial charge in [0.15, 0.2) is 0 Å². The lowest BCUT2D eigenvalue weighted by molar-refractivity contribution is -0.384. The zero-order chi connectivity index (χ0) is 13.1. The van der Waals surface area contributed by atoms with Crippen LogP contribution in [0.15, 0.2) is 22.7 Å². The minimum absolute atomic E-state index is 0.105. The highest BCUT2D eigenvalue weighted by Crippen LogP contribution is 2.27. The number of hydrogen-bond acceptors (Lipinski definition) is 4. The summed E-state index contributed by atoms with van der Waals surface area (Å²) < 4.78 is 0.739. The Balaban J connectivity index is 1.95. The maximum absolute atomic E-state index is 10.6. The molecule has 1 aliphatic heterocycles. The van der Waals surface area contributed by atoms with Crippen molar-refractivity contribution in [1.82, 2.24) is 4.90 Å². The first-order valence-electron chi connectivity index (χ1n) is 5.92. The number of hydrogen-bond donors (Lipinski definition) is 1. The monoisotopic (exact) mass is 313 g/mol. The normalized spacial score (nSPS) is 20.0. The quantitative estimate of drug-likeness (QED) is 0.686. The van der Waals surface area contributed by atoms with Gasteiger partial charge in [-0.15, -0.1) is 0 Å². The molecule has 1 saturated heterocycles. The maximum Gasteiger partial charge on any atom is 0.270 e. The number of nitro benzene ring substituents is 1.